The monoisotopic (exact) mass is 361 g/mol. The highest BCUT2D eigenvalue weighted by molar-refractivity contribution is 5.76. The average Bonchev–Trinajstić information content (AvgIpc) is 3.34. The van der Waals surface area contributed by atoms with Crippen molar-refractivity contribution < 1.29 is 18.0 Å². The number of H-pyrrole nitrogens is 1. The number of hydrogen-bond donors (Lipinski definition) is 2. The molecule has 2 heterocycles. The summed E-state index contributed by atoms with van der Waals surface area (Å²) in [7, 11) is 0. The number of aromatic nitrogens is 4. The molecule has 0 spiro atoms. The van der Waals surface area contributed by atoms with Crippen molar-refractivity contribution in [3.63, 3.8) is 0 Å². The molecule has 0 radical (unpaired) electrons. The molecule has 7 nitrogen and oxygen atoms in total. The summed E-state index contributed by atoms with van der Waals surface area (Å²) >= 11 is 0. The van der Waals surface area contributed by atoms with E-state index in [4.69, 9.17) is 10.3 Å². The fourth-order valence-corrected chi connectivity index (χ4v) is 3.26. The first kappa shape index (κ1) is 16.6. The third kappa shape index (κ3) is 3.05. The molecule has 1 fully saturated rings. The number of nitrogens with zero attached hydrogens (tertiary/aromatic N) is 3. The van der Waals surface area contributed by atoms with Crippen LogP contribution in [0.1, 0.15) is 31.5 Å². The van der Waals surface area contributed by atoms with Crippen molar-refractivity contribution in [2.45, 2.75) is 37.8 Å². The number of aromatic amines is 1. The Morgan fingerprint density at radius 1 is 1.27 bits per heavy atom. The Labute approximate surface area is 147 Å². The minimum absolute atomic E-state index is 0.0520. The fraction of sp³-hybridized carbons (Fsp3) is 0.353. The number of halogens is 2. The van der Waals surface area contributed by atoms with E-state index < -0.39 is 12.2 Å². The van der Waals surface area contributed by atoms with Crippen LogP contribution < -0.4 is 10.5 Å². The van der Waals surface area contributed by atoms with Crippen LogP contribution >= 0.6 is 0 Å². The van der Waals surface area contributed by atoms with Gasteiger partial charge >= 0.3 is 6.61 Å². The highest BCUT2D eigenvalue weighted by Gasteiger charge is 2.36. The molecule has 3 aromatic rings. The molecule has 1 aromatic carbocycles. The lowest BCUT2D eigenvalue weighted by atomic mass is 9.98. The number of nitrogens with one attached hydrogen (secondary N) is 1. The van der Waals surface area contributed by atoms with Crippen LogP contribution in [-0.4, -0.2) is 26.9 Å². The number of ether oxygens (including phenoxy) is 1. The summed E-state index contributed by atoms with van der Waals surface area (Å²) in [6, 6.07) is 6.30. The van der Waals surface area contributed by atoms with E-state index in [1.165, 1.54) is 12.1 Å². The maximum atomic E-state index is 12.4. The Morgan fingerprint density at radius 3 is 2.85 bits per heavy atom. The topological polar surface area (TPSA) is 103 Å². The van der Waals surface area contributed by atoms with Crippen LogP contribution in [0.15, 0.2) is 35.0 Å². The van der Waals surface area contributed by atoms with E-state index in [9.17, 15) is 8.78 Å². The Bertz CT molecular complexity index is 902. The predicted octanol–water partition coefficient (Wildman–Crippen LogP) is 3.46. The lowest BCUT2D eigenvalue weighted by Gasteiger charge is -2.17. The van der Waals surface area contributed by atoms with Gasteiger partial charge < -0.3 is 15.0 Å². The second-order valence-electron chi connectivity index (χ2n) is 6.35. The molecule has 4 rings (SSSR count). The number of hydrogen-bond acceptors (Lipinski definition) is 6. The molecule has 3 N–H and O–H groups in total. The smallest absolute Gasteiger partial charge is 0.387 e. The fourth-order valence-electron chi connectivity index (χ4n) is 3.26. The van der Waals surface area contributed by atoms with Crippen LogP contribution in [0.3, 0.4) is 0 Å². The minimum atomic E-state index is -2.89. The molecule has 1 aliphatic rings. The van der Waals surface area contributed by atoms with E-state index in [-0.39, 0.29) is 11.6 Å². The van der Waals surface area contributed by atoms with Gasteiger partial charge in [0.1, 0.15) is 5.75 Å². The van der Waals surface area contributed by atoms with Crippen molar-refractivity contribution in [3.8, 4) is 28.5 Å². The molecule has 2 aromatic heterocycles. The summed E-state index contributed by atoms with van der Waals surface area (Å²) in [5, 5.41) is 10.9. The van der Waals surface area contributed by atoms with Crippen molar-refractivity contribution in [2.24, 2.45) is 5.73 Å². The lowest BCUT2D eigenvalue weighted by Crippen LogP contribution is -2.34. The van der Waals surface area contributed by atoms with Crippen molar-refractivity contribution in [3.05, 3.63) is 36.3 Å². The Morgan fingerprint density at radius 2 is 2.08 bits per heavy atom. The molecule has 0 bridgehead atoms. The quantitative estimate of drug-likeness (QED) is 0.721. The predicted molar refractivity (Wildman–Crippen MR) is 88.3 cm³/mol. The van der Waals surface area contributed by atoms with Crippen molar-refractivity contribution >= 4 is 0 Å². The van der Waals surface area contributed by atoms with E-state index >= 15 is 0 Å². The van der Waals surface area contributed by atoms with Crippen LogP contribution in [0.4, 0.5) is 8.78 Å². The first-order valence-electron chi connectivity index (χ1n) is 8.27. The molecule has 9 heteroatoms. The summed E-state index contributed by atoms with van der Waals surface area (Å²) in [6.45, 7) is -2.89. The zero-order valence-corrected chi connectivity index (χ0v) is 13.8. The number of nitrogens with two attached hydrogens (primary N) is 1. The van der Waals surface area contributed by atoms with Gasteiger partial charge in [-0.1, -0.05) is 30.1 Å². The van der Waals surface area contributed by atoms with Gasteiger partial charge in [0.05, 0.1) is 23.0 Å². The standard InChI is InChI=1S/C17H17F2N5O2/c18-16(19)25-11-5-3-4-10(8-11)13-12(9-21-23-13)14-22-15(24-26-14)17(20)6-1-2-7-17/h3-5,8-9,16H,1-2,6-7,20H2,(H,21,23). The molecule has 1 aliphatic carbocycles. The molecule has 0 saturated heterocycles. The van der Waals surface area contributed by atoms with Crippen LogP contribution in [0.5, 0.6) is 5.75 Å². The normalized spacial score (nSPS) is 16.3. The molecule has 1 saturated carbocycles. The van der Waals surface area contributed by atoms with Crippen molar-refractivity contribution in [1.29, 1.82) is 0 Å². The molecule has 136 valence electrons. The van der Waals surface area contributed by atoms with Gasteiger partial charge in [-0.2, -0.15) is 18.9 Å². The van der Waals surface area contributed by atoms with E-state index in [2.05, 4.69) is 25.1 Å². The Kier molecular flexibility index (Phi) is 4.15. The van der Waals surface area contributed by atoms with Gasteiger partial charge in [-0.25, -0.2) is 0 Å². The maximum Gasteiger partial charge on any atom is 0.387 e. The van der Waals surface area contributed by atoms with Gasteiger partial charge in [-0.3, -0.25) is 5.10 Å². The van der Waals surface area contributed by atoms with Gasteiger partial charge in [0.25, 0.3) is 5.89 Å². The molecular weight excluding hydrogens is 344 g/mol. The lowest BCUT2D eigenvalue weighted by molar-refractivity contribution is -0.0498. The first-order valence-corrected chi connectivity index (χ1v) is 8.27. The van der Waals surface area contributed by atoms with Gasteiger partial charge in [0.15, 0.2) is 5.82 Å². The highest BCUT2D eigenvalue weighted by atomic mass is 19.3. The van der Waals surface area contributed by atoms with Crippen LogP contribution in [0.2, 0.25) is 0 Å². The van der Waals surface area contributed by atoms with Gasteiger partial charge in [0, 0.05) is 5.56 Å². The van der Waals surface area contributed by atoms with Gasteiger partial charge in [0.2, 0.25) is 0 Å². The van der Waals surface area contributed by atoms with E-state index in [1.54, 1.807) is 18.3 Å². The van der Waals surface area contributed by atoms with E-state index in [0.717, 1.165) is 25.7 Å². The average molecular weight is 361 g/mol. The third-order valence-electron chi connectivity index (χ3n) is 4.58. The van der Waals surface area contributed by atoms with Crippen molar-refractivity contribution in [1.82, 2.24) is 20.3 Å². The molecule has 0 atom stereocenters. The van der Waals surface area contributed by atoms with Crippen LogP contribution in [0.25, 0.3) is 22.7 Å². The number of alkyl halides is 2. The minimum Gasteiger partial charge on any atom is -0.435 e. The second kappa shape index (κ2) is 6.49. The highest BCUT2D eigenvalue weighted by Crippen LogP contribution is 2.37. The van der Waals surface area contributed by atoms with Gasteiger partial charge in [-0.05, 0) is 25.0 Å². The summed E-state index contributed by atoms with van der Waals surface area (Å²) < 4.78 is 34.7. The molecule has 26 heavy (non-hydrogen) atoms. The molecule has 0 amide bonds. The van der Waals surface area contributed by atoms with E-state index in [0.29, 0.717) is 22.6 Å². The number of benzene rings is 1. The number of rotatable bonds is 5. The summed E-state index contributed by atoms with van der Waals surface area (Å²) in [5.41, 5.74) is 7.55. The second-order valence-corrected chi connectivity index (χ2v) is 6.35. The molecule has 0 aliphatic heterocycles. The Balaban J connectivity index is 1.67. The van der Waals surface area contributed by atoms with Crippen LogP contribution in [-0.2, 0) is 5.54 Å². The first-order chi connectivity index (χ1) is 12.5. The summed E-state index contributed by atoms with van der Waals surface area (Å²) in [6.07, 6.45) is 5.25. The zero-order chi connectivity index (χ0) is 18.1. The van der Waals surface area contributed by atoms with Crippen LogP contribution in [0, 0.1) is 0 Å². The maximum absolute atomic E-state index is 12.4. The van der Waals surface area contributed by atoms with Crippen molar-refractivity contribution in [2.75, 3.05) is 0 Å². The third-order valence-corrected chi connectivity index (χ3v) is 4.58. The van der Waals surface area contributed by atoms with Gasteiger partial charge in [-0.15, -0.1) is 0 Å². The largest absolute Gasteiger partial charge is 0.435 e. The SMILES string of the molecule is NC1(c2noc(-c3cn[nH]c3-c3cccc(OC(F)F)c3)n2)CCCC1. The van der Waals surface area contributed by atoms with E-state index in [1.807, 2.05) is 0 Å². The molecular formula is C17H17F2N5O2. The molecule has 0 unspecified atom stereocenters. The Hall–Kier alpha value is -2.81. The zero-order valence-electron chi connectivity index (χ0n) is 13.8. The summed E-state index contributed by atoms with van der Waals surface area (Å²) in [5.74, 6) is 0.809. The summed E-state index contributed by atoms with van der Waals surface area (Å²) in [4.78, 5) is 4.45.